The molecular weight excluding hydrogens is 250 g/mol. The molecule has 2 rings (SSSR count). The number of benzene rings is 1. The molecule has 0 saturated carbocycles. The summed E-state index contributed by atoms with van der Waals surface area (Å²) >= 11 is 6.75. The second-order valence-corrected chi connectivity index (χ2v) is 5.85. The molecule has 0 saturated heterocycles. The normalized spacial score (nSPS) is 10.8. The Morgan fingerprint density at radius 3 is 2.35 bits per heavy atom. The van der Waals surface area contributed by atoms with Gasteiger partial charge in [-0.2, -0.15) is 0 Å². The predicted octanol–water partition coefficient (Wildman–Crippen LogP) is 4.57. The summed E-state index contributed by atoms with van der Waals surface area (Å²) in [6.07, 6.45) is 0.205. The molecule has 0 spiro atoms. The molecule has 1 aromatic heterocycles. The van der Waals surface area contributed by atoms with Crippen LogP contribution in [0.2, 0.25) is 0 Å². The van der Waals surface area contributed by atoms with Crippen LogP contribution in [0.4, 0.5) is 0 Å². The van der Waals surface area contributed by atoms with Crippen LogP contribution < -0.4 is 4.74 Å². The van der Waals surface area contributed by atoms with Gasteiger partial charge in [-0.05, 0) is 62.8 Å². The highest BCUT2D eigenvalue weighted by atomic mass is 32.1. The zero-order valence-electron chi connectivity index (χ0n) is 10.1. The van der Waals surface area contributed by atoms with Gasteiger partial charge in [0.2, 0.25) is 0 Å². The summed E-state index contributed by atoms with van der Waals surface area (Å²) in [5.41, 5.74) is 2.30. The number of H-pyrrole nitrogens is 1. The molecule has 4 heteroatoms. The zero-order valence-corrected chi connectivity index (χ0v) is 11.7. The molecule has 0 bridgehead atoms. The first-order valence-corrected chi connectivity index (χ1v) is 6.75. The molecular formula is C13H15NOS2. The maximum Gasteiger partial charge on any atom is 0.159 e. The van der Waals surface area contributed by atoms with E-state index in [0.717, 1.165) is 15.4 Å². The number of rotatable bonds is 3. The minimum atomic E-state index is 0.205. The first-order chi connectivity index (χ1) is 8.06. The number of aromatic nitrogens is 1. The minimum Gasteiger partial charge on any atom is -0.491 e. The van der Waals surface area contributed by atoms with Crippen molar-refractivity contribution in [1.82, 2.24) is 4.98 Å². The van der Waals surface area contributed by atoms with Crippen molar-refractivity contribution >= 4 is 23.6 Å². The maximum atomic E-state index is 5.62. The highest BCUT2D eigenvalue weighted by molar-refractivity contribution is 7.73. The van der Waals surface area contributed by atoms with Crippen LogP contribution in [0.1, 0.15) is 19.5 Å². The van der Waals surface area contributed by atoms with Gasteiger partial charge in [0.05, 0.1) is 11.0 Å². The molecule has 2 nitrogen and oxygen atoms in total. The smallest absolute Gasteiger partial charge is 0.159 e. The Morgan fingerprint density at radius 1 is 1.24 bits per heavy atom. The van der Waals surface area contributed by atoms with Crippen LogP contribution >= 0.6 is 23.6 Å². The number of hydrogen-bond donors (Lipinski definition) is 1. The second kappa shape index (κ2) is 5.02. The molecule has 2 aromatic rings. The van der Waals surface area contributed by atoms with Gasteiger partial charge in [-0.25, -0.2) is 0 Å². The molecule has 0 fully saturated rings. The van der Waals surface area contributed by atoms with Crippen molar-refractivity contribution in [3.05, 3.63) is 33.9 Å². The van der Waals surface area contributed by atoms with E-state index in [0.29, 0.717) is 0 Å². The number of aryl methyl sites for hydroxylation is 1. The van der Waals surface area contributed by atoms with E-state index in [1.165, 1.54) is 10.4 Å². The molecule has 0 radical (unpaired) electrons. The third kappa shape index (κ3) is 2.96. The van der Waals surface area contributed by atoms with E-state index in [4.69, 9.17) is 17.0 Å². The first kappa shape index (κ1) is 12.3. The molecule has 0 aliphatic rings. The Balaban J connectivity index is 2.29. The molecule has 0 aliphatic heterocycles. The van der Waals surface area contributed by atoms with Crippen LogP contribution in [0.3, 0.4) is 0 Å². The molecule has 0 aliphatic carbocycles. The molecule has 90 valence electrons. The molecule has 1 aromatic carbocycles. The lowest BCUT2D eigenvalue weighted by Crippen LogP contribution is -2.05. The molecule has 0 unspecified atom stereocenters. The van der Waals surface area contributed by atoms with Crippen molar-refractivity contribution < 1.29 is 4.74 Å². The van der Waals surface area contributed by atoms with Crippen LogP contribution in [-0.2, 0) is 0 Å². The summed E-state index contributed by atoms with van der Waals surface area (Å²) < 4.78 is 6.43. The van der Waals surface area contributed by atoms with Crippen molar-refractivity contribution in [3.63, 3.8) is 0 Å². The van der Waals surface area contributed by atoms with Gasteiger partial charge in [0, 0.05) is 5.69 Å². The third-order valence-electron chi connectivity index (χ3n) is 2.31. The van der Waals surface area contributed by atoms with Crippen molar-refractivity contribution in [3.8, 4) is 16.2 Å². The second-order valence-electron chi connectivity index (χ2n) is 4.16. The van der Waals surface area contributed by atoms with Gasteiger partial charge < -0.3 is 9.72 Å². The largest absolute Gasteiger partial charge is 0.491 e. The lowest BCUT2D eigenvalue weighted by molar-refractivity contribution is 0.242. The molecule has 0 amide bonds. The van der Waals surface area contributed by atoms with E-state index in [-0.39, 0.29) is 6.10 Å². The molecule has 0 atom stereocenters. The summed E-state index contributed by atoms with van der Waals surface area (Å²) in [6, 6.07) is 8.13. The van der Waals surface area contributed by atoms with Crippen molar-refractivity contribution in [1.29, 1.82) is 0 Å². The van der Waals surface area contributed by atoms with Crippen LogP contribution in [-0.4, -0.2) is 11.1 Å². The van der Waals surface area contributed by atoms with Gasteiger partial charge in [-0.3, -0.25) is 0 Å². The minimum absolute atomic E-state index is 0.205. The fourth-order valence-electron chi connectivity index (χ4n) is 1.64. The topological polar surface area (TPSA) is 25.0 Å². The number of hydrogen-bond acceptors (Lipinski definition) is 3. The summed E-state index contributed by atoms with van der Waals surface area (Å²) in [5, 5.41) is 0. The van der Waals surface area contributed by atoms with Gasteiger partial charge >= 0.3 is 0 Å². The number of nitrogens with one attached hydrogen (secondary N) is 1. The summed E-state index contributed by atoms with van der Waals surface area (Å²) in [5.74, 6) is 0.903. The Labute approximate surface area is 110 Å². The van der Waals surface area contributed by atoms with E-state index >= 15 is 0 Å². The highest BCUT2D eigenvalue weighted by Gasteiger charge is 2.05. The summed E-state index contributed by atoms with van der Waals surface area (Å²) in [7, 11) is 0. The first-order valence-electron chi connectivity index (χ1n) is 5.53. The Hall–Kier alpha value is -1.13. The van der Waals surface area contributed by atoms with Gasteiger partial charge in [0.1, 0.15) is 5.75 Å². The average molecular weight is 265 g/mol. The third-order valence-corrected chi connectivity index (χ3v) is 3.70. The van der Waals surface area contributed by atoms with Crippen LogP contribution in [0, 0.1) is 10.9 Å². The van der Waals surface area contributed by atoms with Gasteiger partial charge in [-0.15, -0.1) is 11.3 Å². The zero-order chi connectivity index (χ0) is 12.4. The number of thiazole rings is 1. The van der Waals surface area contributed by atoms with Crippen LogP contribution in [0.25, 0.3) is 10.4 Å². The fourth-order valence-corrected chi connectivity index (χ4v) is 2.89. The quantitative estimate of drug-likeness (QED) is 0.822. The van der Waals surface area contributed by atoms with E-state index in [2.05, 4.69) is 17.1 Å². The number of aromatic amines is 1. The van der Waals surface area contributed by atoms with Crippen LogP contribution in [0.15, 0.2) is 24.3 Å². The predicted molar refractivity (Wildman–Crippen MR) is 75.4 cm³/mol. The molecule has 1 N–H and O–H groups in total. The van der Waals surface area contributed by atoms with Gasteiger partial charge in [0.15, 0.2) is 3.95 Å². The van der Waals surface area contributed by atoms with E-state index in [1.54, 1.807) is 11.3 Å². The molecule has 17 heavy (non-hydrogen) atoms. The van der Waals surface area contributed by atoms with Crippen molar-refractivity contribution in [2.24, 2.45) is 0 Å². The summed E-state index contributed by atoms with van der Waals surface area (Å²) in [6.45, 7) is 6.09. The Bertz CT molecular complexity index is 552. The van der Waals surface area contributed by atoms with Crippen molar-refractivity contribution in [2.75, 3.05) is 0 Å². The van der Waals surface area contributed by atoms with E-state index < -0.39 is 0 Å². The van der Waals surface area contributed by atoms with Gasteiger partial charge in [0.25, 0.3) is 0 Å². The monoisotopic (exact) mass is 265 g/mol. The Morgan fingerprint density at radius 2 is 1.88 bits per heavy atom. The SMILES string of the molecule is Cc1[nH]c(=S)sc1-c1ccc(OC(C)C)cc1. The van der Waals surface area contributed by atoms with Gasteiger partial charge in [-0.1, -0.05) is 0 Å². The average Bonchev–Trinajstić information content (AvgIpc) is 2.58. The fraction of sp³-hybridized carbons (Fsp3) is 0.308. The van der Waals surface area contributed by atoms with Crippen LogP contribution in [0.5, 0.6) is 5.75 Å². The lowest BCUT2D eigenvalue weighted by Gasteiger charge is -2.09. The van der Waals surface area contributed by atoms with E-state index in [9.17, 15) is 0 Å². The summed E-state index contributed by atoms with van der Waals surface area (Å²) in [4.78, 5) is 4.35. The standard InChI is InChI=1S/C13H15NOS2/c1-8(2)15-11-6-4-10(5-7-11)12-9(3)14-13(16)17-12/h4-8H,1-3H3,(H,14,16). The van der Waals surface area contributed by atoms with E-state index in [1.807, 2.05) is 32.9 Å². The Kier molecular flexibility index (Phi) is 3.64. The maximum absolute atomic E-state index is 5.62. The lowest BCUT2D eigenvalue weighted by atomic mass is 10.1. The highest BCUT2D eigenvalue weighted by Crippen LogP contribution is 2.29. The van der Waals surface area contributed by atoms with Crippen molar-refractivity contribution in [2.45, 2.75) is 26.9 Å². The number of ether oxygens (including phenoxy) is 1. The molecule has 1 heterocycles.